The number of nitrogens with zero attached hydrogens (tertiary/aromatic N) is 2. The molecule has 5 nitrogen and oxygen atoms in total. The minimum atomic E-state index is -3.89. The summed E-state index contributed by atoms with van der Waals surface area (Å²) in [6.07, 6.45) is -0.481. The number of sulfonamides is 1. The van der Waals surface area contributed by atoms with Gasteiger partial charge in [-0.3, -0.25) is 4.90 Å². The lowest BCUT2D eigenvalue weighted by atomic mass is 10.3. The molecule has 1 aromatic rings. The Labute approximate surface area is 122 Å². The number of hydrogen-bond acceptors (Lipinski definition) is 4. The van der Waals surface area contributed by atoms with E-state index in [1.807, 2.05) is 4.90 Å². The molecule has 0 bridgehead atoms. The fourth-order valence-corrected chi connectivity index (χ4v) is 3.82. The van der Waals surface area contributed by atoms with Crippen molar-refractivity contribution >= 4 is 10.0 Å². The first-order valence-electron chi connectivity index (χ1n) is 6.65. The lowest BCUT2D eigenvalue weighted by molar-refractivity contribution is 0.103. The number of halogens is 2. The predicted octanol–water partition coefficient (Wildman–Crippen LogP) is 0.652. The maximum atomic E-state index is 13.2. The van der Waals surface area contributed by atoms with E-state index < -0.39 is 27.8 Å². The van der Waals surface area contributed by atoms with Gasteiger partial charge >= 0.3 is 0 Å². The number of hydrogen-bond donors (Lipinski definition) is 1. The molecule has 1 saturated heterocycles. The lowest BCUT2D eigenvalue weighted by Gasteiger charge is -2.34. The van der Waals surface area contributed by atoms with E-state index in [-0.39, 0.29) is 18.0 Å². The van der Waals surface area contributed by atoms with Crippen molar-refractivity contribution in [3.8, 4) is 0 Å². The van der Waals surface area contributed by atoms with Crippen LogP contribution in [0.5, 0.6) is 0 Å². The molecule has 1 unspecified atom stereocenters. The Morgan fingerprint density at radius 1 is 1.14 bits per heavy atom. The van der Waals surface area contributed by atoms with Crippen LogP contribution >= 0.6 is 0 Å². The van der Waals surface area contributed by atoms with Crippen molar-refractivity contribution in [2.75, 3.05) is 32.7 Å². The summed E-state index contributed by atoms with van der Waals surface area (Å²) in [5, 5.41) is 9.31. The fraction of sp³-hybridized carbons (Fsp3) is 0.538. The van der Waals surface area contributed by atoms with Gasteiger partial charge in [0.05, 0.1) is 11.0 Å². The second-order valence-electron chi connectivity index (χ2n) is 5.16. The quantitative estimate of drug-likeness (QED) is 0.885. The number of aliphatic hydroxyl groups excluding tert-OH is 1. The second-order valence-corrected chi connectivity index (χ2v) is 7.10. The van der Waals surface area contributed by atoms with Crippen molar-refractivity contribution in [2.45, 2.75) is 17.9 Å². The van der Waals surface area contributed by atoms with Gasteiger partial charge in [0, 0.05) is 38.8 Å². The maximum absolute atomic E-state index is 13.2. The Kier molecular flexibility index (Phi) is 4.92. The Hall–Kier alpha value is -1.09. The van der Waals surface area contributed by atoms with E-state index in [0.29, 0.717) is 25.7 Å². The van der Waals surface area contributed by atoms with Crippen LogP contribution in [-0.2, 0) is 10.0 Å². The summed E-state index contributed by atoms with van der Waals surface area (Å²) >= 11 is 0. The van der Waals surface area contributed by atoms with E-state index in [1.165, 1.54) is 4.31 Å². The Bertz CT molecular complexity index is 579. The van der Waals surface area contributed by atoms with Crippen LogP contribution in [0.1, 0.15) is 6.92 Å². The zero-order valence-electron chi connectivity index (χ0n) is 11.7. The fourth-order valence-electron chi connectivity index (χ4n) is 2.35. The number of aliphatic hydroxyl groups is 1. The molecule has 0 spiro atoms. The summed E-state index contributed by atoms with van der Waals surface area (Å²) in [6, 6.07) is 2.28. The van der Waals surface area contributed by atoms with Gasteiger partial charge in [-0.25, -0.2) is 17.2 Å². The van der Waals surface area contributed by atoms with Crippen LogP contribution < -0.4 is 0 Å². The molecular formula is C13H18F2N2O3S. The molecule has 8 heteroatoms. The molecule has 21 heavy (non-hydrogen) atoms. The van der Waals surface area contributed by atoms with Crippen molar-refractivity contribution in [2.24, 2.45) is 0 Å². The molecule has 1 atom stereocenters. The number of β-amino-alcohol motifs (C(OH)–C–C–N with tert-alkyl or cyclic N) is 1. The van der Waals surface area contributed by atoms with Gasteiger partial charge in [0.25, 0.3) is 0 Å². The zero-order chi connectivity index (χ0) is 15.6. The molecule has 1 aromatic carbocycles. The molecule has 1 aliphatic rings. The van der Waals surface area contributed by atoms with Gasteiger partial charge in [0.15, 0.2) is 0 Å². The first-order chi connectivity index (χ1) is 9.79. The van der Waals surface area contributed by atoms with Gasteiger partial charge in [-0.05, 0) is 19.1 Å². The second kappa shape index (κ2) is 6.35. The van der Waals surface area contributed by atoms with Crippen molar-refractivity contribution in [3.63, 3.8) is 0 Å². The monoisotopic (exact) mass is 320 g/mol. The average molecular weight is 320 g/mol. The summed E-state index contributed by atoms with van der Waals surface area (Å²) in [5.74, 6) is -1.83. The Morgan fingerprint density at radius 2 is 1.67 bits per heavy atom. The van der Waals surface area contributed by atoms with Crippen LogP contribution in [0.15, 0.2) is 23.1 Å². The van der Waals surface area contributed by atoms with Crippen molar-refractivity contribution in [3.05, 3.63) is 29.8 Å². The predicted molar refractivity (Wildman–Crippen MR) is 73.2 cm³/mol. The Morgan fingerprint density at radius 3 is 2.14 bits per heavy atom. The lowest BCUT2D eigenvalue weighted by Crippen LogP contribution is -2.50. The topological polar surface area (TPSA) is 60.9 Å². The normalized spacial score (nSPS) is 19.6. The van der Waals surface area contributed by atoms with Crippen molar-refractivity contribution in [1.82, 2.24) is 9.21 Å². The molecule has 1 aliphatic heterocycles. The van der Waals surface area contributed by atoms with E-state index in [2.05, 4.69) is 0 Å². The molecule has 0 aromatic heterocycles. The molecule has 118 valence electrons. The maximum Gasteiger partial charge on any atom is 0.243 e. The van der Waals surface area contributed by atoms with Crippen LogP contribution in [-0.4, -0.2) is 61.6 Å². The van der Waals surface area contributed by atoms with E-state index in [0.717, 1.165) is 12.1 Å². The van der Waals surface area contributed by atoms with Gasteiger partial charge in [-0.2, -0.15) is 4.31 Å². The number of piperazine rings is 1. The third kappa shape index (κ3) is 3.97. The highest BCUT2D eigenvalue weighted by molar-refractivity contribution is 7.89. The number of benzene rings is 1. The van der Waals surface area contributed by atoms with Gasteiger partial charge in [-0.1, -0.05) is 0 Å². The van der Waals surface area contributed by atoms with E-state index in [9.17, 15) is 22.3 Å². The summed E-state index contributed by atoms with van der Waals surface area (Å²) < 4.78 is 52.2. The van der Waals surface area contributed by atoms with Crippen LogP contribution in [0.2, 0.25) is 0 Å². The average Bonchev–Trinajstić information content (AvgIpc) is 2.37. The smallest absolute Gasteiger partial charge is 0.243 e. The van der Waals surface area contributed by atoms with Gasteiger partial charge < -0.3 is 5.11 Å². The standard InChI is InChI=1S/C13H18F2N2O3S/c1-10(18)9-16-2-4-17(5-3-16)21(19,20)13-7-11(14)6-12(15)8-13/h6-8,10,18H,2-5,9H2,1H3. The summed E-state index contributed by atoms with van der Waals surface area (Å²) in [4.78, 5) is 1.58. The minimum Gasteiger partial charge on any atom is -0.392 e. The third-order valence-electron chi connectivity index (χ3n) is 3.33. The highest BCUT2D eigenvalue weighted by Crippen LogP contribution is 2.20. The summed E-state index contributed by atoms with van der Waals surface area (Å²) in [6.45, 7) is 3.55. The van der Waals surface area contributed by atoms with Crippen LogP contribution in [0.25, 0.3) is 0 Å². The minimum absolute atomic E-state index is 0.229. The molecular weight excluding hydrogens is 302 g/mol. The van der Waals surface area contributed by atoms with Crippen molar-refractivity contribution in [1.29, 1.82) is 0 Å². The summed E-state index contributed by atoms with van der Waals surface area (Å²) in [7, 11) is -3.89. The first-order valence-corrected chi connectivity index (χ1v) is 8.10. The number of rotatable bonds is 4. The molecule has 0 aliphatic carbocycles. The Balaban J connectivity index is 2.11. The van der Waals surface area contributed by atoms with Gasteiger partial charge in [-0.15, -0.1) is 0 Å². The molecule has 1 N–H and O–H groups in total. The van der Waals surface area contributed by atoms with E-state index >= 15 is 0 Å². The summed E-state index contributed by atoms with van der Waals surface area (Å²) in [5.41, 5.74) is 0. The van der Waals surface area contributed by atoms with Crippen LogP contribution in [0, 0.1) is 11.6 Å². The molecule has 0 amide bonds. The molecule has 1 fully saturated rings. The molecule has 1 heterocycles. The van der Waals surface area contributed by atoms with Crippen LogP contribution in [0.4, 0.5) is 8.78 Å². The van der Waals surface area contributed by atoms with E-state index in [4.69, 9.17) is 0 Å². The SMILES string of the molecule is CC(O)CN1CCN(S(=O)(=O)c2cc(F)cc(F)c2)CC1. The first kappa shape index (κ1) is 16.3. The van der Waals surface area contributed by atoms with Gasteiger partial charge in [0.1, 0.15) is 11.6 Å². The molecule has 0 saturated carbocycles. The van der Waals surface area contributed by atoms with Crippen LogP contribution in [0.3, 0.4) is 0 Å². The highest BCUT2D eigenvalue weighted by Gasteiger charge is 2.29. The largest absolute Gasteiger partial charge is 0.392 e. The third-order valence-corrected chi connectivity index (χ3v) is 5.20. The van der Waals surface area contributed by atoms with E-state index in [1.54, 1.807) is 6.92 Å². The molecule has 2 rings (SSSR count). The highest BCUT2D eigenvalue weighted by atomic mass is 32.2. The van der Waals surface area contributed by atoms with Gasteiger partial charge in [0.2, 0.25) is 10.0 Å². The van der Waals surface area contributed by atoms with Crippen molar-refractivity contribution < 1.29 is 22.3 Å². The zero-order valence-corrected chi connectivity index (χ0v) is 12.5. The molecule has 0 radical (unpaired) electrons.